The van der Waals surface area contributed by atoms with Gasteiger partial charge in [0.2, 0.25) is 0 Å². The van der Waals surface area contributed by atoms with Gasteiger partial charge in [-0.25, -0.2) is 4.98 Å². The number of aliphatic carboxylic acids is 1. The van der Waals surface area contributed by atoms with Gasteiger partial charge >= 0.3 is 5.97 Å². The lowest BCUT2D eigenvalue weighted by molar-refractivity contribution is -0.133. The van der Waals surface area contributed by atoms with E-state index in [0.29, 0.717) is 16.0 Å². The molecule has 0 aliphatic heterocycles. The Morgan fingerprint density at radius 3 is 2.75 bits per heavy atom. The molecule has 0 saturated carbocycles. The lowest BCUT2D eigenvalue weighted by Crippen LogP contribution is -1.97. The van der Waals surface area contributed by atoms with E-state index in [9.17, 15) is 4.79 Å². The number of carbonyl (C=O) groups is 1. The van der Waals surface area contributed by atoms with Crippen LogP contribution in [0.5, 0.6) is 0 Å². The number of benzene rings is 2. The molecule has 0 aliphatic rings. The van der Waals surface area contributed by atoms with Gasteiger partial charge in [-0.05, 0) is 53.9 Å². The molecule has 0 spiro atoms. The summed E-state index contributed by atoms with van der Waals surface area (Å²) in [5.74, 6) is -0.428. The van der Waals surface area contributed by atoms with Crippen LogP contribution in [0.3, 0.4) is 0 Å². The van der Waals surface area contributed by atoms with Gasteiger partial charge < -0.3 is 9.67 Å². The van der Waals surface area contributed by atoms with Crippen LogP contribution in [0.15, 0.2) is 47.8 Å². The fourth-order valence-electron chi connectivity index (χ4n) is 3.20. The smallest absolute Gasteiger partial charge is 0.313 e. The van der Waals surface area contributed by atoms with Crippen molar-refractivity contribution in [1.82, 2.24) is 19.7 Å². The Kier molecular flexibility index (Phi) is 4.87. The summed E-state index contributed by atoms with van der Waals surface area (Å²) in [5, 5.41) is 18.1. The van der Waals surface area contributed by atoms with Gasteiger partial charge in [-0.1, -0.05) is 29.4 Å². The number of thioether (sulfide) groups is 1. The van der Waals surface area contributed by atoms with Crippen LogP contribution in [0.1, 0.15) is 5.56 Å². The maximum Gasteiger partial charge on any atom is 0.313 e. The monoisotopic (exact) mass is 412 g/mol. The third-order valence-electron chi connectivity index (χ3n) is 4.39. The van der Waals surface area contributed by atoms with Crippen molar-refractivity contribution >= 4 is 40.2 Å². The minimum atomic E-state index is -0.894. The fraction of sp³-hybridized carbons (Fsp3) is 0.150. The number of H-pyrrole nitrogens is 1. The molecule has 0 aliphatic carbocycles. The molecule has 0 radical (unpaired) electrons. The number of hydrogen-bond acceptors (Lipinski definition) is 4. The third-order valence-corrected chi connectivity index (χ3v) is 5.52. The van der Waals surface area contributed by atoms with Crippen LogP contribution in [0, 0.1) is 6.92 Å². The predicted octanol–water partition coefficient (Wildman–Crippen LogP) is 4.77. The summed E-state index contributed by atoms with van der Waals surface area (Å²) in [4.78, 5) is 15.1. The number of rotatable bonds is 5. The minimum Gasteiger partial charge on any atom is -0.481 e. The van der Waals surface area contributed by atoms with Gasteiger partial charge in [0.05, 0.1) is 16.3 Å². The molecule has 2 aromatic carbocycles. The van der Waals surface area contributed by atoms with E-state index >= 15 is 0 Å². The zero-order valence-electron chi connectivity index (χ0n) is 15.2. The second kappa shape index (κ2) is 7.33. The van der Waals surface area contributed by atoms with Crippen LogP contribution < -0.4 is 0 Å². The van der Waals surface area contributed by atoms with Crippen molar-refractivity contribution in [3.63, 3.8) is 0 Å². The molecule has 0 amide bonds. The first-order valence-electron chi connectivity index (χ1n) is 8.55. The second-order valence-electron chi connectivity index (χ2n) is 6.56. The maximum atomic E-state index is 10.7. The van der Waals surface area contributed by atoms with Gasteiger partial charge in [0, 0.05) is 24.2 Å². The Hall–Kier alpha value is -2.77. The molecule has 4 aromatic rings. The van der Waals surface area contributed by atoms with Gasteiger partial charge in [0.25, 0.3) is 0 Å². The molecule has 28 heavy (non-hydrogen) atoms. The van der Waals surface area contributed by atoms with Crippen molar-refractivity contribution in [3.05, 3.63) is 53.2 Å². The average Bonchev–Trinajstić information content (AvgIpc) is 3.26. The number of nitrogens with zero attached hydrogens (tertiary/aromatic N) is 3. The first-order chi connectivity index (χ1) is 13.4. The summed E-state index contributed by atoms with van der Waals surface area (Å²) in [6.45, 7) is 2.02. The number of carboxylic acid groups (broad SMARTS) is 1. The lowest BCUT2D eigenvalue weighted by Gasteiger charge is -2.08. The fourth-order valence-corrected chi connectivity index (χ4v) is 4.08. The van der Waals surface area contributed by atoms with E-state index in [0.717, 1.165) is 44.9 Å². The highest BCUT2D eigenvalue weighted by Gasteiger charge is 2.12. The normalized spacial score (nSPS) is 11.2. The second-order valence-corrected chi connectivity index (χ2v) is 7.93. The SMILES string of the molecule is Cc1cc(-c2cc(Cl)c3c(ccn3C)c2)cc(-c2n[nH]c(SCC(=O)O)n2)c1. The molecular weight excluding hydrogens is 396 g/mol. The molecule has 0 atom stereocenters. The first kappa shape index (κ1) is 18.6. The van der Waals surface area contributed by atoms with Crippen LogP contribution in [0.4, 0.5) is 0 Å². The summed E-state index contributed by atoms with van der Waals surface area (Å²) >= 11 is 7.62. The molecule has 0 bridgehead atoms. The van der Waals surface area contributed by atoms with Gasteiger partial charge in [-0.2, -0.15) is 5.10 Å². The number of aromatic nitrogens is 4. The van der Waals surface area contributed by atoms with Crippen LogP contribution in [-0.4, -0.2) is 36.6 Å². The number of nitrogens with one attached hydrogen (secondary N) is 1. The van der Waals surface area contributed by atoms with Crippen LogP contribution >= 0.6 is 23.4 Å². The zero-order chi connectivity index (χ0) is 19.8. The average molecular weight is 413 g/mol. The molecule has 2 N–H and O–H groups in total. The quantitative estimate of drug-likeness (QED) is 0.461. The van der Waals surface area contributed by atoms with Gasteiger partial charge in [0.15, 0.2) is 11.0 Å². The molecule has 2 aromatic heterocycles. The summed E-state index contributed by atoms with van der Waals surface area (Å²) in [6, 6.07) is 12.2. The van der Waals surface area contributed by atoms with E-state index in [1.165, 1.54) is 0 Å². The van der Waals surface area contributed by atoms with Gasteiger partial charge in [-0.15, -0.1) is 0 Å². The molecule has 0 saturated heterocycles. The van der Waals surface area contributed by atoms with Gasteiger partial charge in [-0.3, -0.25) is 9.89 Å². The molecule has 2 heterocycles. The number of aromatic amines is 1. The molecule has 4 rings (SSSR count). The van der Waals surface area contributed by atoms with Crippen LogP contribution in [0.25, 0.3) is 33.4 Å². The number of carboxylic acids is 1. The largest absolute Gasteiger partial charge is 0.481 e. The summed E-state index contributed by atoms with van der Waals surface area (Å²) < 4.78 is 2.01. The highest BCUT2D eigenvalue weighted by Crippen LogP contribution is 2.33. The van der Waals surface area contributed by atoms with Crippen molar-refractivity contribution in [2.24, 2.45) is 7.05 Å². The molecule has 0 unspecified atom stereocenters. The molecular formula is C20H17ClN4O2S. The van der Waals surface area contributed by atoms with Crippen molar-refractivity contribution in [2.75, 3.05) is 5.75 Å². The Morgan fingerprint density at radius 2 is 1.96 bits per heavy atom. The van der Waals surface area contributed by atoms with Gasteiger partial charge in [0.1, 0.15) is 0 Å². The first-order valence-corrected chi connectivity index (χ1v) is 9.91. The number of hydrogen-bond donors (Lipinski definition) is 2. The minimum absolute atomic E-state index is 0.0662. The zero-order valence-corrected chi connectivity index (χ0v) is 16.8. The number of aryl methyl sites for hydroxylation is 2. The Morgan fingerprint density at radius 1 is 1.21 bits per heavy atom. The number of halogens is 1. The Labute approximate surface area is 170 Å². The van der Waals surface area contributed by atoms with Crippen molar-refractivity contribution in [3.8, 4) is 22.5 Å². The summed E-state index contributed by atoms with van der Waals surface area (Å²) in [7, 11) is 1.97. The lowest BCUT2D eigenvalue weighted by atomic mass is 9.99. The van der Waals surface area contributed by atoms with Crippen LogP contribution in [-0.2, 0) is 11.8 Å². The molecule has 6 nitrogen and oxygen atoms in total. The third kappa shape index (κ3) is 3.63. The van der Waals surface area contributed by atoms with Crippen molar-refractivity contribution < 1.29 is 9.90 Å². The topological polar surface area (TPSA) is 83.8 Å². The highest BCUT2D eigenvalue weighted by molar-refractivity contribution is 7.99. The number of fused-ring (bicyclic) bond motifs is 1. The van der Waals surface area contributed by atoms with Crippen molar-refractivity contribution in [2.45, 2.75) is 12.1 Å². The van der Waals surface area contributed by atoms with Crippen LogP contribution in [0.2, 0.25) is 5.02 Å². The van der Waals surface area contributed by atoms with E-state index in [-0.39, 0.29) is 5.75 Å². The Bertz CT molecular complexity index is 1200. The maximum absolute atomic E-state index is 10.7. The predicted molar refractivity (Wildman–Crippen MR) is 112 cm³/mol. The van der Waals surface area contributed by atoms with Crippen molar-refractivity contribution in [1.29, 1.82) is 0 Å². The van der Waals surface area contributed by atoms with E-state index in [1.807, 2.05) is 49.0 Å². The highest BCUT2D eigenvalue weighted by atomic mass is 35.5. The van der Waals surface area contributed by atoms with E-state index in [4.69, 9.17) is 16.7 Å². The molecule has 0 fully saturated rings. The van der Waals surface area contributed by atoms with E-state index in [1.54, 1.807) is 0 Å². The summed E-state index contributed by atoms with van der Waals surface area (Å²) in [6.07, 6.45) is 1.99. The standard InChI is InChI=1S/C20H17ClN4O2S/c1-11-5-13(14-7-12-3-4-25(2)18(12)16(21)9-14)8-15(6-11)19-22-20(24-23-19)28-10-17(26)27/h3-9H,10H2,1-2H3,(H,26,27)(H,22,23,24). The van der Waals surface area contributed by atoms with E-state index < -0.39 is 5.97 Å². The van der Waals surface area contributed by atoms with E-state index in [2.05, 4.69) is 27.3 Å². The molecule has 142 valence electrons. The Balaban J connectivity index is 1.73. The molecule has 8 heteroatoms. The summed E-state index contributed by atoms with van der Waals surface area (Å²) in [5.41, 5.74) is 4.98.